The fourth-order valence-electron chi connectivity index (χ4n) is 2.68. The molecule has 0 amide bonds. The minimum Gasteiger partial charge on any atom is -0.511 e. The molecule has 3 nitrogen and oxygen atoms in total. The molecule has 0 aromatic heterocycles. The summed E-state index contributed by atoms with van der Waals surface area (Å²) in [5, 5.41) is 18.4. The van der Waals surface area contributed by atoms with Gasteiger partial charge < -0.3 is 10.5 Å². The highest BCUT2D eigenvalue weighted by atomic mass is 32.2. The van der Waals surface area contributed by atoms with Crippen LogP contribution in [0.5, 0.6) is 0 Å². The third kappa shape index (κ3) is 4.68. The number of allylic oxidation sites excluding steroid dienone is 2. The molecule has 2 atom stereocenters. The van der Waals surface area contributed by atoms with Crippen molar-refractivity contribution in [2.24, 2.45) is 5.92 Å². The van der Waals surface area contributed by atoms with Crippen LogP contribution in [-0.2, 0) is 4.79 Å². The van der Waals surface area contributed by atoms with Crippen LogP contribution in [0.25, 0.3) is 0 Å². The van der Waals surface area contributed by atoms with E-state index in [1.54, 1.807) is 0 Å². The second-order valence-electron chi connectivity index (χ2n) is 5.25. The first-order chi connectivity index (χ1) is 8.99. The first kappa shape index (κ1) is 16.3. The van der Waals surface area contributed by atoms with E-state index < -0.39 is 0 Å². The standard InChI is InChI=1S/C15H25NO2S/c1-4-6-13(17)15-12(16)8-11(9-14(15)18)7-10(3)19-5-2/h10-11,16-17H,4-9H2,1-3H3/b15-13+,16-12?. The molecule has 0 aliphatic heterocycles. The lowest BCUT2D eigenvalue weighted by molar-refractivity contribution is -0.116. The number of hydrogen-bond donors (Lipinski definition) is 2. The van der Waals surface area contributed by atoms with E-state index in [1.165, 1.54) is 0 Å². The van der Waals surface area contributed by atoms with Gasteiger partial charge in [-0.3, -0.25) is 4.79 Å². The lowest BCUT2D eigenvalue weighted by Gasteiger charge is -2.26. The van der Waals surface area contributed by atoms with Crippen molar-refractivity contribution in [3.8, 4) is 0 Å². The Labute approximate surface area is 120 Å². The maximum atomic E-state index is 12.1. The van der Waals surface area contributed by atoms with Gasteiger partial charge in [-0.05, 0) is 30.9 Å². The molecule has 2 unspecified atom stereocenters. The molecule has 0 spiro atoms. The van der Waals surface area contributed by atoms with Crippen LogP contribution in [0.15, 0.2) is 11.3 Å². The van der Waals surface area contributed by atoms with Crippen molar-refractivity contribution in [1.82, 2.24) is 0 Å². The predicted molar refractivity (Wildman–Crippen MR) is 82.2 cm³/mol. The summed E-state index contributed by atoms with van der Waals surface area (Å²) in [5.74, 6) is 1.43. The summed E-state index contributed by atoms with van der Waals surface area (Å²) >= 11 is 1.90. The molecule has 0 aromatic rings. The van der Waals surface area contributed by atoms with Gasteiger partial charge >= 0.3 is 0 Å². The molecule has 1 aliphatic carbocycles. The van der Waals surface area contributed by atoms with Crippen molar-refractivity contribution < 1.29 is 9.90 Å². The van der Waals surface area contributed by atoms with Crippen molar-refractivity contribution in [2.75, 3.05) is 5.75 Å². The average Bonchev–Trinajstić information content (AvgIpc) is 2.28. The Balaban J connectivity index is 2.69. The lowest BCUT2D eigenvalue weighted by atomic mass is 9.80. The van der Waals surface area contributed by atoms with Gasteiger partial charge in [0.15, 0.2) is 5.78 Å². The highest BCUT2D eigenvalue weighted by Crippen LogP contribution is 2.31. The summed E-state index contributed by atoms with van der Waals surface area (Å²) in [4.78, 5) is 12.1. The number of Topliss-reactive ketones (excluding diaryl/α,β-unsaturated/α-hetero) is 1. The van der Waals surface area contributed by atoms with Crippen molar-refractivity contribution in [2.45, 2.75) is 58.1 Å². The third-order valence-corrected chi connectivity index (χ3v) is 4.53. The molecule has 0 bridgehead atoms. The zero-order valence-corrected chi connectivity index (χ0v) is 13.0. The van der Waals surface area contributed by atoms with Crippen molar-refractivity contribution in [1.29, 1.82) is 5.41 Å². The SMILES string of the molecule is CCC/C(O)=C1/C(=N)CC(CC(C)SCC)CC1=O. The maximum absolute atomic E-state index is 12.1. The lowest BCUT2D eigenvalue weighted by Crippen LogP contribution is -2.28. The minimum atomic E-state index is -0.0408. The number of aliphatic hydroxyl groups excluding tert-OH is 1. The van der Waals surface area contributed by atoms with Gasteiger partial charge in [0.25, 0.3) is 0 Å². The van der Waals surface area contributed by atoms with Crippen LogP contribution >= 0.6 is 11.8 Å². The van der Waals surface area contributed by atoms with Gasteiger partial charge in [0.2, 0.25) is 0 Å². The Morgan fingerprint density at radius 1 is 1.47 bits per heavy atom. The van der Waals surface area contributed by atoms with E-state index in [-0.39, 0.29) is 17.5 Å². The Hall–Kier alpha value is -0.770. The number of carbonyl (C=O) groups excluding carboxylic acids is 1. The molecule has 0 heterocycles. The number of nitrogens with one attached hydrogen (secondary N) is 1. The summed E-state index contributed by atoms with van der Waals surface area (Å²) in [7, 11) is 0. The van der Waals surface area contributed by atoms with Crippen molar-refractivity contribution >= 4 is 23.3 Å². The van der Waals surface area contributed by atoms with E-state index in [0.29, 0.717) is 35.8 Å². The van der Waals surface area contributed by atoms with Crippen molar-refractivity contribution in [3.63, 3.8) is 0 Å². The summed E-state index contributed by atoms with van der Waals surface area (Å²) in [6.45, 7) is 6.28. The van der Waals surface area contributed by atoms with Gasteiger partial charge in [-0.15, -0.1) is 0 Å². The molecule has 1 aliphatic rings. The first-order valence-electron chi connectivity index (χ1n) is 7.14. The van der Waals surface area contributed by atoms with E-state index in [0.717, 1.165) is 18.6 Å². The molecular weight excluding hydrogens is 258 g/mol. The van der Waals surface area contributed by atoms with Crippen molar-refractivity contribution in [3.05, 3.63) is 11.3 Å². The van der Waals surface area contributed by atoms with Gasteiger partial charge in [-0.2, -0.15) is 11.8 Å². The molecule has 0 saturated heterocycles. The maximum Gasteiger partial charge on any atom is 0.168 e. The van der Waals surface area contributed by atoms with E-state index in [9.17, 15) is 9.90 Å². The minimum absolute atomic E-state index is 0.0408. The van der Waals surface area contributed by atoms with Crippen LogP contribution in [0, 0.1) is 11.3 Å². The molecular formula is C15H25NO2S. The Morgan fingerprint density at radius 3 is 2.68 bits per heavy atom. The van der Waals surface area contributed by atoms with Gasteiger partial charge in [-0.25, -0.2) is 0 Å². The van der Waals surface area contributed by atoms with E-state index in [1.807, 2.05) is 18.7 Å². The van der Waals surface area contributed by atoms with Gasteiger partial charge in [-0.1, -0.05) is 20.8 Å². The fraction of sp³-hybridized carbons (Fsp3) is 0.733. The van der Waals surface area contributed by atoms with Gasteiger partial charge in [0.05, 0.1) is 5.57 Å². The summed E-state index contributed by atoms with van der Waals surface area (Å²) < 4.78 is 0. The Bertz CT molecular complexity index is 356. The van der Waals surface area contributed by atoms with E-state index in [2.05, 4.69) is 13.8 Å². The van der Waals surface area contributed by atoms with Crippen LogP contribution in [-0.4, -0.2) is 27.6 Å². The number of hydrogen-bond acceptors (Lipinski definition) is 4. The zero-order chi connectivity index (χ0) is 14.4. The topological polar surface area (TPSA) is 61.1 Å². The number of thioether (sulfide) groups is 1. The third-order valence-electron chi connectivity index (χ3n) is 3.44. The van der Waals surface area contributed by atoms with Crippen LogP contribution in [0.1, 0.15) is 52.9 Å². The first-order valence-corrected chi connectivity index (χ1v) is 8.19. The number of aliphatic hydroxyl groups is 1. The second kappa shape index (κ2) is 7.73. The molecule has 0 radical (unpaired) electrons. The molecule has 108 valence electrons. The average molecular weight is 283 g/mol. The molecule has 1 saturated carbocycles. The number of carbonyl (C=O) groups is 1. The molecule has 0 aromatic carbocycles. The molecule has 2 N–H and O–H groups in total. The van der Waals surface area contributed by atoms with Crippen LogP contribution in [0.2, 0.25) is 0 Å². The highest BCUT2D eigenvalue weighted by molar-refractivity contribution is 7.99. The van der Waals surface area contributed by atoms with Crippen LogP contribution < -0.4 is 0 Å². The van der Waals surface area contributed by atoms with Gasteiger partial charge in [0, 0.05) is 23.8 Å². The Morgan fingerprint density at radius 2 is 2.16 bits per heavy atom. The normalized spacial score (nSPS) is 24.5. The Kier molecular flexibility index (Phi) is 6.63. The monoisotopic (exact) mass is 283 g/mol. The molecule has 1 rings (SSSR count). The largest absolute Gasteiger partial charge is 0.511 e. The van der Waals surface area contributed by atoms with Gasteiger partial charge in [0.1, 0.15) is 5.76 Å². The van der Waals surface area contributed by atoms with E-state index >= 15 is 0 Å². The highest BCUT2D eigenvalue weighted by Gasteiger charge is 2.31. The fourth-order valence-corrected chi connectivity index (χ4v) is 3.66. The molecule has 1 fully saturated rings. The van der Waals surface area contributed by atoms with Crippen LogP contribution in [0.3, 0.4) is 0 Å². The smallest absolute Gasteiger partial charge is 0.168 e. The molecule has 4 heteroatoms. The number of ketones is 1. The predicted octanol–water partition coefficient (Wildman–Crippen LogP) is 4.13. The summed E-state index contributed by atoms with van der Waals surface area (Å²) in [6, 6.07) is 0. The molecule has 19 heavy (non-hydrogen) atoms. The summed E-state index contributed by atoms with van der Waals surface area (Å²) in [5.41, 5.74) is 0.634. The quantitative estimate of drug-likeness (QED) is 0.569. The zero-order valence-electron chi connectivity index (χ0n) is 12.2. The second-order valence-corrected chi connectivity index (χ2v) is 6.96. The number of rotatable bonds is 6. The van der Waals surface area contributed by atoms with Crippen LogP contribution in [0.4, 0.5) is 0 Å². The summed E-state index contributed by atoms with van der Waals surface area (Å²) in [6.07, 6.45) is 3.39. The van der Waals surface area contributed by atoms with E-state index in [4.69, 9.17) is 5.41 Å².